The first-order valence-corrected chi connectivity index (χ1v) is 18.2. The predicted molar refractivity (Wildman–Crippen MR) is 188 cm³/mol. The van der Waals surface area contributed by atoms with Gasteiger partial charge in [0.15, 0.2) is 5.60 Å². The quantitative estimate of drug-likeness (QED) is 0.166. The Morgan fingerprint density at radius 1 is 0.936 bits per heavy atom. The van der Waals surface area contributed by atoms with Gasteiger partial charge in [0.25, 0.3) is 5.91 Å². The van der Waals surface area contributed by atoms with Crippen molar-refractivity contribution in [1.82, 2.24) is 30.2 Å². The summed E-state index contributed by atoms with van der Waals surface area (Å²) in [5, 5.41) is 3.68. The average Bonchev–Trinajstić information content (AvgIpc) is 3.92. The van der Waals surface area contributed by atoms with E-state index in [1.807, 2.05) is 26.2 Å². The number of nitrogens with zero attached hydrogens (tertiary/aromatic N) is 3. The van der Waals surface area contributed by atoms with Crippen molar-refractivity contribution in [2.75, 3.05) is 24.6 Å². The number of hydrogen-bond donors (Lipinski definition) is 4. The molecule has 2 amide bonds. The molecule has 5 heterocycles. The van der Waals surface area contributed by atoms with E-state index in [1.165, 1.54) is 11.5 Å². The van der Waals surface area contributed by atoms with Gasteiger partial charge >= 0.3 is 6.09 Å². The van der Waals surface area contributed by atoms with Crippen LogP contribution in [0.25, 0.3) is 33.6 Å². The molecule has 1 spiro atoms. The van der Waals surface area contributed by atoms with Gasteiger partial charge in [-0.1, -0.05) is 62.4 Å². The Kier molecular flexibility index (Phi) is 8.60. The zero-order chi connectivity index (χ0) is 32.8. The fourth-order valence-electron chi connectivity index (χ4n) is 6.83. The van der Waals surface area contributed by atoms with Crippen molar-refractivity contribution < 1.29 is 14.3 Å². The number of aromatic nitrogens is 4. The predicted octanol–water partition coefficient (Wildman–Crippen LogP) is 6.52. The molecule has 3 aliphatic heterocycles. The van der Waals surface area contributed by atoms with Crippen LogP contribution in [0.2, 0.25) is 0 Å². The standard InChI is InChI=1S/C35H41N7O3S2/c1-21(2)34(3,45-33(36)44)32(43)42-14-4-5-29(42)31-38-19-28(41-31)25-12-8-23(9-13-25)22-6-10-24(11-7-22)27-18-37-30(40-27)26-17-35(20-39-26)46-15-16-47-35/h6-13,18-19,21,26,29,39H,4-5,14-17,20H2,1-3H3,(H2,36,44)(H,37,40)(H,38,41)/t26-,29-,34-/m0/s1. The molecule has 0 unspecified atom stereocenters. The highest BCUT2D eigenvalue weighted by Crippen LogP contribution is 2.51. The maximum atomic E-state index is 13.6. The normalized spacial score (nSPS) is 21.8. The lowest BCUT2D eigenvalue weighted by Crippen LogP contribution is -2.53. The van der Waals surface area contributed by atoms with Crippen LogP contribution >= 0.6 is 23.5 Å². The van der Waals surface area contributed by atoms with Crippen LogP contribution in [0.1, 0.15) is 63.8 Å². The Labute approximate surface area is 283 Å². The highest BCUT2D eigenvalue weighted by atomic mass is 32.2. The van der Waals surface area contributed by atoms with Gasteiger partial charge in [0, 0.05) is 54.0 Å². The molecule has 12 heteroatoms. The molecule has 4 aromatic rings. The smallest absolute Gasteiger partial charge is 0.405 e. The number of nitrogens with one attached hydrogen (secondary N) is 3. The van der Waals surface area contributed by atoms with Gasteiger partial charge in [-0.3, -0.25) is 4.79 Å². The number of carbonyl (C=O) groups is 2. The number of aromatic amines is 2. The minimum atomic E-state index is -1.34. The molecule has 3 fully saturated rings. The van der Waals surface area contributed by atoms with Crippen LogP contribution in [0.3, 0.4) is 0 Å². The molecular formula is C35H41N7O3S2. The number of primary amides is 1. The number of carbonyl (C=O) groups excluding carboxylic acids is 2. The Morgan fingerprint density at radius 3 is 2.06 bits per heavy atom. The Balaban J connectivity index is 1.01. The maximum Gasteiger partial charge on any atom is 0.405 e. The van der Waals surface area contributed by atoms with Crippen molar-refractivity contribution in [3.8, 4) is 33.6 Å². The molecule has 10 nitrogen and oxygen atoms in total. The summed E-state index contributed by atoms with van der Waals surface area (Å²) in [6.45, 7) is 6.93. The molecule has 246 valence electrons. The van der Waals surface area contributed by atoms with Crippen molar-refractivity contribution in [2.45, 2.75) is 61.8 Å². The first kappa shape index (κ1) is 31.8. The van der Waals surface area contributed by atoms with Gasteiger partial charge in [0.1, 0.15) is 11.6 Å². The van der Waals surface area contributed by atoms with Crippen LogP contribution in [-0.2, 0) is 9.53 Å². The van der Waals surface area contributed by atoms with E-state index in [0.717, 1.165) is 71.1 Å². The zero-order valence-electron chi connectivity index (χ0n) is 26.9. The molecule has 3 saturated heterocycles. The number of amides is 2. The first-order chi connectivity index (χ1) is 22.6. The number of benzene rings is 2. The van der Waals surface area contributed by atoms with Gasteiger partial charge in [0.05, 0.1) is 27.6 Å². The first-order valence-electron chi connectivity index (χ1n) is 16.3. The second-order valence-corrected chi connectivity index (χ2v) is 16.3. The van der Waals surface area contributed by atoms with E-state index in [-0.39, 0.29) is 23.9 Å². The van der Waals surface area contributed by atoms with Crippen LogP contribution in [0.5, 0.6) is 0 Å². The molecule has 47 heavy (non-hydrogen) atoms. The van der Waals surface area contributed by atoms with Crippen molar-refractivity contribution in [3.63, 3.8) is 0 Å². The second kappa shape index (κ2) is 12.7. The molecule has 0 saturated carbocycles. The number of ether oxygens (including phenoxy) is 1. The summed E-state index contributed by atoms with van der Waals surface area (Å²) in [7, 11) is 0. The summed E-state index contributed by atoms with van der Waals surface area (Å²) >= 11 is 4.18. The molecular weight excluding hydrogens is 631 g/mol. The molecule has 3 aliphatic rings. The maximum absolute atomic E-state index is 13.6. The summed E-state index contributed by atoms with van der Waals surface area (Å²) in [6.07, 6.45) is 5.65. The third-order valence-electron chi connectivity index (χ3n) is 9.83. The molecule has 0 aliphatic carbocycles. The van der Waals surface area contributed by atoms with Crippen molar-refractivity contribution in [1.29, 1.82) is 0 Å². The molecule has 3 atom stereocenters. The number of likely N-dealkylation sites (tertiary alicyclic amines) is 1. The Bertz CT molecular complexity index is 1750. The van der Waals surface area contributed by atoms with Gasteiger partial charge < -0.3 is 30.7 Å². The third-order valence-corrected chi connectivity index (χ3v) is 13.3. The van der Waals surface area contributed by atoms with Crippen molar-refractivity contribution >= 4 is 35.5 Å². The number of rotatable bonds is 8. The molecule has 0 radical (unpaired) electrons. The van der Waals surface area contributed by atoms with E-state index in [2.05, 4.69) is 87.3 Å². The van der Waals surface area contributed by atoms with Crippen LogP contribution in [-0.4, -0.2) is 71.1 Å². The molecule has 5 N–H and O–H groups in total. The van der Waals surface area contributed by atoms with E-state index < -0.39 is 11.7 Å². The van der Waals surface area contributed by atoms with E-state index in [0.29, 0.717) is 10.6 Å². The Morgan fingerprint density at radius 2 is 1.49 bits per heavy atom. The van der Waals surface area contributed by atoms with E-state index in [9.17, 15) is 9.59 Å². The molecule has 2 aromatic heterocycles. The largest absolute Gasteiger partial charge is 0.433 e. The lowest BCUT2D eigenvalue weighted by Gasteiger charge is -2.36. The van der Waals surface area contributed by atoms with Crippen LogP contribution in [0.4, 0.5) is 4.79 Å². The van der Waals surface area contributed by atoms with E-state index >= 15 is 0 Å². The molecule has 0 bridgehead atoms. The lowest BCUT2D eigenvalue weighted by atomic mass is 9.90. The topological polar surface area (TPSA) is 142 Å². The van der Waals surface area contributed by atoms with Gasteiger partial charge in [-0.25, -0.2) is 14.8 Å². The average molecular weight is 672 g/mol. The summed E-state index contributed by atoms with van der Waals surface area (Å²) in [4.78, 5) is 43.6. The Hall–Kier alpha value is -3.74. The highest BCUT2D eigenvalue weighted by Gasteiger charge is 2.47. The second-order valence-electron chi connectivity index (χ2n) is 13.1. The number of hydrogen-bond acceptors (Lipinski definition) is 8. The number of imidazole rings is 2. The van der Waals surface area contributed by atoms with Crippen LogP contribution in [0.15, 0.2) is 60.9 Å². The minimum Gasteiger partial charge on any atom is -0.433 e. The van der Waals surface area contributed by atoms with Gasteiger partial charge in [-0.05, 0) is 37.3 Å². The van der Waals surface area contributed by atoms with Gasteiger partial charge in [-0.15, -0.1) is 23.5 Å². The van der Waals surface area contributed by atoms with E-state index in [1.54, 1.807) is 11.8 Å². The van der Waals surface area contributed by atoms with Crippen molar-refractivity contribution in [2.24, 2.45) is 11.7 Å². The van der Waals surface area contributed by atoms with E-state index in [4.69, 9.17) is 20.4 Å². The SMILES string of the molecule is CC(C)[C@](C)(OC(N)=O)C(=O)N1CCC[C@H]1c1nc(-c2ccc(-c3ccc(-c4c[nH]c([C@@H]5CC6(CN5)SCCS6)n4)cc3)cc2)c[nH]1. The zero-order valence-corrected chi connectivity index (χ0v) is 28.5. The number of thioether (sulfide) groups is 2. The number of H-pyrrole nitrogens is 2. The van der Waals surface area contributed by atoms with Gasteiger partial charge in [-0.2, -0.15) is 0 Å². The fourth-order valence-corrected chi connectivity index (χ4v) is 10.0. The molecule has 2 aromatic carbocycles. The lowest BCUT2D eigenvalue weighted by molar-refractivity contribution is -0.155. The third kappa shape index (κ3) is 6.18. The van der Waals surface area contributed by atoms with Gasteiger partial charge in [0.2, 0.25) is 0 Å². The summed E-state index contributed by atoms with van der Waals surface area (Å²) in [5.74, 6) is 3.71. The van der Waals surface area contributed by atoms with Crippen LogP contribution in [0, 0.1) is 5.92 Å². The van der Waals surface area contributed by atoms with Crippen LogP contribution < -0.4 is 11.1 Å². The highest BCUT2D eigenvalue weighted by molar-refractivity contribution is 8.21. The monoisotopic (exact) mass is 671 g/mol. The minimum absolute atomic E-state index is 0.231. The van der Waals surface area contributed by atoms with Crippen molar-refractivity contribution in [3.05, 3.63) is 72.6 Å². The number of nitrogens with two attached hydrogens (primary N) is 1. The summed E-state index contributed by atoms with van der Waals surface area (Å²) < 4.78 is 5.66. The fraction of sp³-hybridized carbons (Fsp3) is 0.429. The summed E-state index contributed by atoms with van der Waals surface area (Å²) in [6, 6.07) is 16.9. The molecule has 7 rings (SSSR count). The summed E-state index contributed by atoms with van der Waals surface area (Å²) in [5.41, 5.74) is 10.1.